The normalized spacial score (nSPS) is 10.2. The molecule has 0 unspecified atom stereocenters. The van der Waals surface area contributed by atoms with Crippen LogP contribution in [0.3, 0.4) is 0 Å². The molecule has 0 saturated heterocycles. The number of hydrogen-bond donors (Lipinski definition) is 0. The maximum atomic E-state index is 11.8. The third-order valence-electron chi connectivity index (χ3n) is 3.50. The Labute approximate surface area is 162 Å². The summed E-state index contributed by atoms with van der Waals surface area (Å²) in [5, 5.41) is 1.87. The highest BCUT2D eigenvalue weighted by Crippen LogP contribution is 2.34. The number of hydrogen-bond acceptors (Lipinski definition) is 4. The quantitative estimate of drug-likeness (QED) is 0.478. The van der Waals surface area contributed by atoms with Crippen molar-refractivity contribution in [2.24, 2.45) is 0 Å². The van der Waals surface area contributed by atoms with Gasteiger partial charge >= 0.3 is 5.97 Å². The highest BCUT2D eigenvalue weighted by Gasteiger charge is 2.23. The largest absolute Gasteiger partial charge is 1.00 e. The average Bonchev–Trinajstić information content (AvgIpc) is 2.93. The fourth-order valence-corrected chi connectivity index (χ4v) is 3.68. The van der Waals surface area contributed by atoms with Crippen molar-refractivity contribution in [3.05, 3.63) is 35.5 Å². The molecule has 0 radical (unpaired) electrons. The second kappa shape index (κ2) is 10.0. The third kappa shape index (κ3) is 5.19. The SMILES string of the molecule is CCOC(=O)C[n+]1cc(-c2ccc(Cl)cc2)c(N(CC)CC)s1.[Br-]. The number of carbonyl (C=O) groups excluding carboxylic acids is 1. The number of ether oxygens (including phenoxy) is 1. The number of carbonyl (C=O) groups is 1. The monoisotopic (exact) mass is 432 g/mol. The summed E-state index contributed by atoms with van der Waals surface area (Å²) in [5.74, 6) is -0.215. The Morgan fingerprint density at radius 1 is 1.21 bits per heavy atom. The van der Waals surface area contributed by atoms with E-state index in [-0.39, 0.29) is 29.5 Å². The van der Waals surface area contributed by atoms with Crippen molar-refractivity contribution in [3.8, 4) is 11.1 Å². The number of aromatic nitrogens is 1. The fraction of sp³-hybridized carbons (Fsp3) is 0.412. The molecule has 2 aromatic rings. The second-order valence-electron chi connectivity index (χ2n) is 5.00. The Morgan fingerprint density at radius 2 is 1.83 bits per heavy atom. The van der Waals surface area contributed by atoms with E-state index in [2.05, 4.69) is 18.7 Å². The minimum atomic E-state index is -0.215. The smallest absolute Gasteiger partial charge is 0.373 e. The van der Waals surface area contributed by atoms with Crippen molar-refractivity contribution < 1.29 is 30.5 Å². The van der Waals surface area contributed by atoms with Gasteiger partial charge in [-0.25, -0.2) is 4.79 Å². The average molecular weight is 434 g/mol. The lowest BCUT2D eigenvalue weighted by molar-refractivity contribution is -0.616. The Hall–Kier alpha value is -1.11. The van der Waals surface area contributed by atoms with Gasteiger partial charge in [-0.15, -0.1) is 3.96 Å². The van der Waals surface area contributed by atoms with Gasteiger partial charge in [0.2, 0.25) is 0 Å². The molecule has 0 aliphatic heterocycles. The van der Waals surface area contributed by atoms with Crippen molar-refractivity contribution in [2.75, 3.05) is 24.6 Å². The Bertz CT molecular complexity index is 657. The molecule has 1 aromatic heterocycles. The molecule has 1 aromatic carbocycles. The van der Waals surface area contributed by atoms with E-state index in [1.54, 1.807) is 11.5 Å². The van der Waals surface area contributed by atoms with Crippen LogP contribution in [-0.4, -0.2) is 25.7 Å². The molecule has 0 N–H and O–H groups in total. The molecule has 0 fully saturated rings. The predicted molar refractivity (Wildman–Crippen MR) is 95.2 cm³/mol. The molecule has 2 rings (SSSR count). The van der Waals surface area contributed by atoms with E-state index in [4.69, 9.17) is 16.3 Å². The molecule has 0 saturated carbocycles. The van der Waals surface area contributed by atoms with Crippen LogP contribution >= 0.6 is 23.1 Å². The van der Waals surface area contributed by atoms with E-state index >= 15 is 0 Å². The van der Waals surface area contributed by atoms with Gasteiger partial charge in [0, 0.05) is 18.1 Å². The molecule has 4 nitrogen and oxygen atoms in total. The zero-order chi connectivity index (χ0) is 16.8. The van der Waals surface area contributed by atoms with Crippen molar-refractivity contribution in [1.82, 2.24) is 0 Å². The van der Waals surface area contributed by atoms with Gasteiger partial charge in [-0.1, -0.05) is 23.7 Å². The lowest BCUT2D eigenvalue weighted by atomic mass is 10.1. The Morgan fingerprint density at radius 3 is 2.38 bits per heavy atom. The zero-order valence-electron chi connectivity index (χ0n) is 14.1. The van der Waals surface area contributed by atoms with Crippen LogP contribution in [0.25, 0.3) is 11.1 Å². The minimum Gasteiger partial charge on any atom is -1.00 e. The second-order valence-corrected chi connectivity index (χ2v) is 6.47. The highest BCUT2D eigenvalue weighted by molar-refractivity contribution is 7.07. The van der Waals surface area contributed by atoms with Gasteiger partial charge in [-0.05, 0) is 38.5 Å². The topological polar surface area (TPSA) is 33.4 Å². The molecule has 0 aliphatic rings. The number of anilines is 1. The van der Waals surface area contributed by atoms with Gasteiger partial charge < -0.3 is 26.6 Å². The summed E-state index contributed by atoms with van der Waals surface area (Å²) in [5.41, 5.74) is 2.20. The van der Waals surface area contributed by atoms with Crippen LogP contribution < -0.4 is 25.8 Å². The van der Waals surface area contributed by atoms with Gasteiger partial charge in [0.15, 0.2) is 22.7 Å². The maximum absolute atomic E-state index is 11.8. The summed E-state index contributed by atoms with van der Waals surface area (Å²) in [6, 6.07) is 7.78. The number of benzene rings is 1. The minimum absolute atomic E-state index is 0. The number of halogens is 2. The molecule has 1 heterocycles. The van der Waals surface area contributed by atoms with E-state index in [1.165, 1.54) is 0 Å². The van der Waals surface area contributed by atoms with Crippen molar-refractivity contribution in [3.63, 3.8) is 0 Å². The van der Waals surface area contributed by atoms with Crippen LogP contribution in [0, 0.1) is 0 Å². The Kier molecular flexibility index (Phi) is 8.73. The van der Waals surface area contributed by atoms with E-state index in [0.29, 0.717) is 11.6 Å². The zero-order valence-corrected chi connectivity index (χ0v) is 17.2. The Balaban J connectivity index is 0.00000288. The first kappa shape index (κ1) is 20.9. The van der Waals surface area contributed by atoms with Gasteiger partial charge in [0.05, 0.1) is 12.2 Å². The molecule has 132 valence electrons. The van der Waals surface area contributed by atoms with Crippen LogP contribution in [-0.2, 0) is 16.1 Å². The molecule has 0 bridgehead atoms. The van der Waals surface area contributed by atoms with Crippen LogP contribution in [0.2, 0.25) is 5.02 Å². The molecule has 0 aliphatic carbocycles. The molecule has 0 amide bonds. The first-order valence-electron chi connectivity index (χ1n) is 7.79. The molecule has 0 spiro atoms. The first-order valence-corrected chi connectivity index (χ1v) is 8.94. The highest BCUT2D eigenvalue weighted by atomic mass is 79.9. The van der Waals surface area contributed by atoms with Crippen molar-refractivity contribution in [2.45, 2.75) is 27.3 Å². The summed E-state index contributed by atoms with van der Waals surface area (Å²) >= 11 is 7.57. The summed E-state index contributed by atoms with van der Waals surface area (Å²) in [6.45, 7) is 8.54. The predicted octanol–water partition coefficient (Wildman–Crippen LogP) is 0.769. The van der Waals surface area contributed by atoms with E-state index in [0.717, 1.165) is 29.2 Å². The maximum Gasteiger partial charge on any atom is 0.373 e. The molecule has 0 atom stereocenters. The van der Waals surface area contributed by atoms with Gasteiger partial charge in [0.1, 0.15) is 0 Å². The summed E-state index contributed by atoms with van der Waals surface area (Å²) in [4.78, 5) is 14.0. The molecule has 7 heteroatoms. The summed E-state index contributed by atoms with van der Waals surface area (Å²) in [7, 11) is 0. The van der Waals surface area contributed by atoms with Gasteiger partial charge in [0.25, 0.3) is 6.54 Å². The van der Waals surface area contributed by atoms with Gasteiger partial charge in [-0.3, -0.25) is 0 Å². The molecule has 24 heavy (non-hydrogen) atoms. The number of esters is 1. The van der Waals surface area contributed by atoms with Crippen LogP contribution in [0.5, 0.6) is 0 Å². The fourth-order valence-electron chi connectivity index (χ4n) is 2.36. The standard InChI is InChI=1S/C17H22ClN2O2S.BrH/c1-4-19(5-2)17-15(13-7-9-14(18)10-8-13)11-20(23-17)12-16(21)22-6-3;/h7-11H,4-6,12H2,1-3H3;1H/q+1;/p-1. The van der Waals surface area contributed by atoms with Crippen molar-refractivity contribution in [1.29, 1.82) is 0 Å². The van der Waals surface area contributed by atoms with E-state index in [9.17, 15) is 4.79 Å². The van der Waals surface area contributed by atoms with Crippen LogP contribution in [0.15, 0.2) is 30.5 Å². The third-order valence-corrected chi connectivity index (χ3v) is 4.88. The lowest BCUT2D eigenvalue weighted by Crippen LogP contribution is -3.00. The number of nitrogens with zero attached hydrogens (tertiary/aromatic N) is 2. The van der Waals surface area contributed by atoms with E-state index in [1.807, 2.05) is 41.3 Å². The first-order chi connectivity index (χ1) is 11.1. The van der Waals surface area contributed by atoms with Crippen LogP contribution in [0.1, 0.15) is 20.8 Å². The van der Waals surface area contributed by atoms with E-state index < -0.39 is 0 Å². The van der Waals surface area contributed by atoms with Gasteiger partial charge in [-0.2, -0.15) is 0 Å². The lowest BCUT2D eigenvalue weighted by Gasteiger charge is -2.18. The summed E-state index contributed by atoms with van der Waals surface area (Å²) in [6.07, 6.45) is 2.01. The molecular weight excluding hydrogens is 412 g/mol. The van der Waals surface area contributed by atoms with Crippen molar-refractivity contribution >= 4 is 34.1 Å². The number of rotatable bonds is 7. The van der Waals surface area contributed by atoms with Crippen LogP contribution in [0.4, 0.5) is 5.00 Å². The molecular formula is C17H22BrClN2O2S. The summed E-state index contributed by atoms with van der Waals surface area (Å²) < 4.78 is 6.97.